The van der Waals surface area contributed by atoms with Crippen molar-refractivity contribution >= 4 is 17.0 Å². The van der Waals surface area contributed by atoms with E-state index in [-0.39, 0.29) is 5.69 Å². The molecule has 6 heteroatoms. The van der Waals surface area contributed by atoms with E-state index < -0.39 is 16.8 Å². The van der Waals surface area contributed by atoms with E-state index in [2.05, 4.69) is 0 Å². The number of nitrogens with zero attached hydrogens (tertiary/aromatic N) is 1. The minimum absolute atomic E-state index is 0.286. The first-order valence-electron chi connectivity index (χ1n) is 4.82. The third-order valence-electron chi connectivity index (χ3n) is 2.37. The van der Waals surface area contributed by atoms with Crippen molar-refractivity contribution in [2.45, 2.75) is 6.04 Å². The summed E-state index contributed by atoms with van der Waals surface area (Å²) in [5, 5.41) is 12.7. The van der Waals surface area contributed by atoms with Crippen LogP contribution in [0.3, 0.4) is 0 Å². The number of nitrogens with two attached hydrogens (primary N) is 1. The molecule has 0 fully saturated rings. The fourth-order valence-corrected chi connectivity index (χ4v) is 2.30. The number of rotatable bonds is 3. The van der Waals surface area contributed by atoms with Crippen molar-refractivity contribution in [1.82, 2.24) is 0 Å². The van der Waals surface area contributed by atoms with Crippen LogP contribution in [-0.2, 0) is 0 Å². The van der Waals surface area contributed by atoms with Gasteiger partial charge in [0.1, 0.15) is 5.82 Å². The van der Waals surface area contributed by atoms with Gasteiger partial charge in [-0.1, -0.05) is 6.07 Å². The summed E-state index contributed by atoms with van der Waals surface area (Å²) in [6, 6.07) is 6.43. The van der Waals surface area contributed by atoms with Crippen molar-refractivity contribution in [3.05, 3.63) is 62.1 Å². The number of nitro groups is 1. The van der Waals surface area contributed by atoms with Crippen molar-refractivity contribution in [1.29, 1.82) is 0 Å². The maximum absolute atomic E-state index is 13.0. The van der Waals surface area contributed by atoms with Gasteiger partial charge in [-0.15, -0.1) is 11.3 Å². The highest BCUT2D eigenvalue weighted by molar-refractivity contribution is 7.10. The van der Waals surface area contributed by atoms with Gasteiger partial charge in [-0.25, -0.2) is 4.39 Å². The number of hydrogen-bond acceptors (Lipinski definition) is 4. The lowest BCUT2D eigenvalue weighted by Crippen LogP contribution is -2.12. The molecule has 0 saturated carbocycles. The zero-order valence-electron chi connectivity index (χ0n) is 8.67. The van der Waals surface area contributed by atoms with Crippen molar-refractivity contribution in [2.24, 2.45) is 5.73 Å². The van der Waals surface area contributed by atoms with E-state index in [1.807, 2.05) is 11.4 Å². The molecule has 0 spiro atoms. The van der Waals surface area contributed by atoms with Crippen molar-refractivity contribution in [3.63, 3.8) is 0 Å². The summed E-state index contributed by atoms with van der Waals surface area (Å²) < 4.78 is 13.0. The van der Waals surface area contributed by atoms with Gasteiger partial charge in [-0.05, 0) is 23.6 Å². The molecule has 0 amide bonds. The van der Waals surface area contributed by atoms with Crippen LogP contribution in [0.1, 0.15) is 16.5 Å². The predicted octanol–water partition coefficient (Wildman–Crippen LogP) is 2.84. The Morgan fingerprint density at radius 2 is 2.18 bits per heavy atom. The largest absolute Gasteiger partial charge is 0.319 e. The average molecular weight is 252 g/mol. The van der Waals surface area contributed by atoms with Crippen LogP contribution in [0, 0.1) is 15.9 Å². The van der Waals surface area contributed by atoms with Gasteiger partial charge in [0.15, 0.2) is 0 Å². The molecule has 0 aliphatic rings. The van der Waals surface area contributed by atoms with E-state index >= 15 is 0 Å². The number of halogens is 1. The third-order valence-corrected chi connectivity index (χ3v) is 3.33. The van der Waals surface area contributed by atoms with Gasteiger partial charge in [-0.2, -0.15) is 0 Å². The molecule has 0 saturated heterocycles. The maximum atomic E-state index is 13.0. The fourth-order valence-electron chi connectivity index (χ4n) is 1.56. The Kier molecular flexibility index (Phi) is 3.16. The van der Waals surface area contributed by atoms with Crippen LogP contribution in [0.2, 0.25) is 0 Å². The molecule has 4 nitrogen and oxygen atoms in total. The molecule has 2 aromatic rings. The molecule has 1 heterocycles. The Bertz CT molecular complexity index is 542. The van der Waals surface area contributed by atoms with Crippen LogP contribution < -0.4 is 5.73 Å². The summed E-state index contributed by atoms with van der Waals surface area (Å²) in [6.07, 6.45) is 0. The van der Waals surface area contributed by atoms with Crippen LogP contribution in [0.5, 0.6) is 0 Å². The average Bonchev–Trinajstić information content (AvgIpc) is 2.81. The fraction of sp³-hybridized carbons (Fsp3) is 0.0909. The lowest BCUT2D eigenvalue weighted by atomic mass is 10.0. The summed E-state index contributed by atoms with van der Waals surface area (Å²) in [5.41, 5.74) is 5.97. The SMILES string of the molecule is N[C@H](c1cccs1)c1ccc(F)cc1[N+](=O)[O-]. The van der Waals surface area contributed by atoms with Crippen molar-refractivity contribution in [2.75, 3.05) is 0 Å². The second-order valence-electron chi connectivity index (χ2n) is 3.45. The number of hydrogen-bond donors (Lipinski definition) is 1. The van der Waals surface area contributed by atoms with Crippen LogP contribution in [-0.4, -0.2) is 4.92 Å². The summed E-state index contributed by atoms with van der Waals surface area (Å²) in [7, 11) is 0. The third kappa shape index (κ3) is 2.32. The minimum Gasteiger partial charge on any atom is -0.319 e. The zero-order valence-corrected chi connectivity index (χ0v) is 9.49. The molecule has 1 atom stereocenters. The Morgan fingerprint density at radius 1 is 1.41 bits per heavy atom. The molecule has 0 bridgehead atoms. The first-order chi connectivity index (χ1) is 8.09. The summed E-state index contributed by atoms with van der Waals surface area (Å²) >= 11 is 1.41. The zero-order chi connectivity index (χ0) is 12.4. The molecule has 0 unspecified atom stereocenters. The molecule has 0 aliphatic heterocycles. The molecule has 0 radical (unpaired) electrons. The Balaban J connectivity index is 2.48. The first-order valence-corrected chi connectivity index (χ1v) is 5.70. The van der Waals surface area contributed by atoms with Gasteiger partial charge >= 0.3 is 0 Å². The van der Waals surface area contributed by atoms with Crippen molar-refractivity contribution in [3.8, 4) is 0 Å². The van der Waals surface area contributed by atoms with Crippen molar-refractivity contribution < 1.29 is 9.31 Å². The van der Waals surface area contributed by atoms with E-state index in [9.17, 15) is 14.5 Å². The van der Waals surface area contributed by atoms with Crippen LogP contribution >= 0.6 is 11.3 Å². The number of benzene rings is 1. The minimum atomic E-state index is -0.640. The normalized spacial score (nSPS) is 12.4. The second-order valence-corrected chi connectivity index (χ2v) is 4.43. The van der Waals surface area contributed by atoms with E-state index in [4.69, 9.17) is 5.73 Å². The Hall–Kier alpha value is -1.79. The van der Waals surface area contributed by atoms with Gasteiger partial charge in [0, 0.05) is 4.88 Å². The second kappa shape index (κ2) is 4.60. The smallest absolute Gasteiger partial charge is 0.277 e. The molecular formula is C11H9FN2O2S. The standard InChI is InChI=1S/C11H9FN2O2S/c12-7-3-4-8(9(6-7)14(15)16)11(13)10-2-1-5-17-10/h1-6,11H,13H2/t11-/m0/s1. The molecule has 1 aromatic heterocycles. The molecule has 0 aliphatic carbocycles. The highest BCUT2D eigenvalue weighted by Crippen LogP contribution is 2.30. The summed E-state index contributed by atoms with van der Waals surface area (Å²) in [5.74, 6) is -0.640. The highest BCUT2D eigenvalue weighted by Gasteiger charge is 2.21. The Labute approximate surface area is 101 Å². The summed E-state index contributed by atoms with van der Waals surface area (Å²) in [6.45, 7) is 0. The van der Waals surface area contributed by atoms with Gasteiger partial charge in [0.2, 0.25) is 0 Å². The molecule has 17 heavy (non-hydrogen) atoms. The topological polar surface area (TPSA) is 69.2 Å². The lowest BCUT2D eigenvalue weighted by Gasteiger charge is -2.10. The molecule has 2 N–H and O–H groups in total. The van der Waals surface area contributed by atoms with E-state index in [1.165, 1.54) is 23.5 Å². The Morgan fingerprint density at radius 3 is 2.76 bits per heavy atom. The number of thiophene rings is 1. The molecule has 2 rings (SSSR count). The van der Waals surface area contributed by atoms with Gasteiger partial charge in [0.25, 0.3) is 5.69 Å². The highest BCUT2D eigenvalue weighted by atomic mass is 32.1. The predicted molar refractivity (Wildman–Crippen MR) is 63.4 cm³/mol. The summed E-state index contributed by atoms with van der Waals surface area (Å²) in [4.78, 5) is 11.0. The molecule has 88 valence electrons. The van der Waals surface area contributed by atoms with Gasteiger partial charge in [0.05, 0.1) is 22.6 Å². The van der Waals surface area contributed by atoms with E-state index in [1.54, 1.807) is 6.07 Å². The van der Waals surface area contributed by atoms with Gasteiger partial charge < -0.3 is 5.73 Å². The lowest BCUT2D eigenvalue weighted by molar-refractivity contribution is -0.385. The maximum Gasteiger partial charge on any atom is 0.277 e. The molecule has 1 aromatic carbocycles. The van der Waals surface area contributed by atoms with Crippen LogP contribution in [0.15, 0.2) is 35.7 Å². The number of nitro benzene ring substituents is 1. The van der Waals surface area contributed by atoms with E-state index in [0.29, 0.717) is 5.56 Å². The quantitative estimate of drug-likeness (QED) is 0.674. The monoisotopic (exact) mass is 252 g/mol. The first kappa shape index (κ1) is 11.7. The molecular weight excluding hydrogens is 243 g/mol. The van der Waals surface area contributed by atoms with Crippen LogP contribution in [0.4, 0.5) is 10.1 Å². The van der Waals surface area contributed by atoms with E-state index in [0.717, 1.165) is 10.9 Å². The van der Waals surface area contributed by atoms with Gasteiger partial charge in [-0.3, -0.25) is 10.1 Å². The van der Waals surface area contributed by atoms with Crippen LogP contribution in [0.25, 0.3) is 0 Å².